The number of benzene rings is 2. The van der Waals surface area contributed by atoms with Gasteiger partial charge in [0, 0.05) is 12.6 Å². The Labute approximate surface area is 205 Å². The van der Waals surface area contributed by atoms with Crippen LogP contribution in [0.3, 0.4) is 0 Å². The summed E-state index contributed by atoms with van der Waals surface area (Å²) in [5, 5.41) is 2.97. The molecule has 0 aliphatic carbocycles. The maximum atomic E-state index is 13.2. The summed E-state index contributed by atoms with van der Waals surface area (Å²) in [5.41, 5.74) is 2.08. The number of nitrogens with one attached hydrogen (secondary N) is 1. The highest BCUT2D eigenvalue weighted by molar-refractivity contribution is 9.10. The Morgan fingerprint density at radius 3 is 2.27 bits per heavy atom. The normalized spacial score (nSPS) is 12.7. The van der Waals surface area contributed by atoms with Crippen LogP contribution in [-0.4, -0.2) is 42.5 Å². The quantitative estimate of drug-likeness (QED) is 0.438. The first-order valence-corrected chi connectivity index (χ1v) is 12.1. The molecule has 33 heavy (non-hydrogen) atoms. The highest BCUT2D eigenvalue weighted by Gasteiger charge is 2.27. The highest BCUT2D eigenvalue weighted by Crippen LogP contribution is 2.29. The van der Waals surface area contributed by atoms with E-state index in [2.05, 4.69) is 35.1 Å². The molecule has 2 atom stereocenters. The summed E-state index contributed by atoms with van der Waals surface area (Å²) in [6, 6.07) is 12.7. The second-order valence-electron chi connectivity index (χ2n) is 8.50. The van der Waals surface area contributed by atoms with Crippen molar-refractivity contribution in [3.05, 3.63) is 58.1 Å². The summed E-state index contributed by atoms with van der Waals surface area (Å²) in [6.07, 6.45) is 0.814. The molecule has 0 saturated heterocycles. The number of amides is 2. The standard InChI is InChI=1S/C26H35BrN2O4/c1-7-18(4)28-26(31)19(5)29(15-20-8-11-22(32-6)12-9-20)25(30)16-33-24-13-10-21(17(2)3)14-23(24)27/h8-14,17-19H,7,15-16H2,1-6H3,(H,28,31)/t18-,19+/m1/s1. The zero-order valence-electron chi connectivity index (χ0n) is 20.4. The van der Waals surface area contributed by atoms with Gasteiger partial charge in [-0.3, -0.25) is 9.59 Å². The van der Waals surface area contributed by atoms with Crippen molar-refractivity contribution in [2.45, 2.75) is 65.6 Å². The van der Waals surface area contributed by atoms with Gasteiger partial charge in [0.15, 0.2) is 6.61 Å². The Morgan fingerprint density at radius 2 is 1.73 bits per heavy atom. The zero-order valence-corrected chi connectivity index (χ0v) is 21.9. The Bertz CT molecular complexity index is 930. The fourth-order valence-electron chi connectivity index (χ4n) is 3.19. The van der Waals surface area contributed by atoms with Crippen LogP contribution in [0.25, 0.3) is 0 Å². The molecule has 2 rings (SSSR count). The van der Waals surface area contributed by atoms with Gasteiger partial charge in [0.2, 0.25) is 5.91 Å². The lowest BCUT2D eigenvalue weighted by molar-refractivity contribution is -0.142. The van der Waals surface area contributed by atoms with Crippen molar-refractivity contribution in [3.8, 4) is 11.5 Å². The molecule has 2 aromatic rings. The van der Waals surface area contributed by atoms with Crippen LogP contribution in [0.1, 0.15) is 58.1 Å². The van der Waals surface area contributed by atoms with E-state index in [0.717, 1.165) is 22.2 Å². The van der Waals surface area contributed by atoms with Crippen LogP contribution < -0.4 is 14.8 Å². The molecule has 6 nitrogen and oxygen atoms in total. The first-order chi connectivity index (χ1) is 15.7. The topological polar surface area (TPSA) is 67.9 Å². The summed E-state index contributed by atoms with van der Waals surface area (Å²) in [5.74, 6) is 1.26. The molecule has 0 aliphatic rings. The molecule has 0 unspecified atom stereocenters. The van der Waals surface area contributed by atoms with Crippen LogP contribution in [0.5, 0.6) is 11.5 Å². The molecule has 0 aliphatic heterocycles. The molecule has 0 saturated carbocycles. The number of hydrogen-bond donors (Lipinski definition) is 1. The van der Waals surface area contributed by atoms with E-state index >= 15 is 0 Å². The zero-order chi connectivity index (χ0) is 24.5. The maximum Gasteiger partial charge on any atom is 0.261 e. The minimum absolute atomic E-state index is 0.0320. The number of carbonyl (C=O) groups is 2. The maximum absolute atomic E-state index is 13.2. The van der Waals surface area contributed by atoms with Crippen LogP contribution >= 0.6 is 15.9 Å². The van der Waals surface area contributed by atoms with Crippen molar-refractivity contribution >= 4 is 27.7 Å². The Morgan fingerprint density at radius 1 is 1.06 bits per heavy atom. The Balaban J connectivity index is 2.18. The van der Waals surface area contributed by atoms with Crippen molar-refractivity contribution in [1.29, 1.82) is 0 Å². The van der Waals surface area contributed by atoms with Crippen molar-refractivity contribution in [2.75, 3.05) is 13.7 Å². The fraction of sp³-hybridized carbons (Fsp3) is 0.462. The van der Waals surface area contributed by atoms with E-state index in [1.807, 2.05) is 56.3 Å². The van der Waals surface area contributed by atoms with Gasteiger partial charge >= 0.3 is 0 Å². The van der Waals surface area contributed by atoms with Crippen LogP contribution in [0.2, 0.25) is 0 Å². The predicted octanol–water partition coefficient (Wildman–Crippen LogP) is 5.29. The average Bonchev–Trinajstić information content (AvgIpc) is 2.81. The van der Waals surface area contributed by atoms with E-state index in [1.165, 1.54) is 5.56 Å². The molecule has 180 valence electrons. The molecule has 0 spiro atoms. The van der Waals surface area contributed by atoms with Gasteiger partial charge in [-0.2, -0.15) is 0 Å². The number of ether oxygens (including phenoxy) is 2. The van der Waals surface area contributed by atoms with Gasteiger partial charge in [-0.15, -0.1) is 0 Å². The first kappa shape index (κ1) is 26.7. The summed E-state index contributed by atoms with van der Waals surface area (Å²) in [6.45, 7) is 10.1. The summed E-state index contributed by atoms with van der Waals surface area (Å²) in [7, 11) is 1.61. The number of halogens is 1. The molecular weight excluding hydrogens is 484 g/mol. The number of rotatable bonds is 11. The lowest BCUT2D eigenvalue weighted by Crippen LogP contribution is -2.50. The van der Waals surface area contributed by atoms with E-state index in [4.69, 9.17) is 9.47 Å². The molecule has 0 fully saturated rings. The minimum atomic E-state index is -0.649. The van der Waals surface area contributed by atoms with Gasteiger partial charge < -0.3 is 19.7 Å². The molecule has 0 heterocycles. The van der Waals surface area contributed by atoms with E-state index in [0.29, 0.717) is 11.7 Å². The van der Waals surface area contributed by atoms with Gasteiger partial charge in [0.25, 0.3) is 5.91 Å². The van der Waals surface area contributed by atoms with Crippen molar-refractivity contribution in [3.63, 3.8) is 0 Å². The van der Waals surface area contributed by atoms with Crippen LogP contribution in [0.15, 0.2) is 46.9 Å². The number of nitrogens with zero attached hydrogens (tertiary/aromatic N) is 1. The van der Waals surface area contributed by atoms with Gasteiger partial charge in [-0.05, 0) is 77.5 Å². The van der Waals surface area contributed by atoms with Gasteiger partial charge in [0.05, 0.1) is 11.6 Å². The second-order valence-corrected chi connectivity index (χ2v) is 9.35. The third-order valence-electron chi connectivity index (χ3n) is 5.65. The molecule has 1 N–H and O–H groups in total. The van der Waals surface area contributed by atoms with E-state index in [9.17, 15) is 9.59 Å². The Kier molecular flexibility index (Phi) is 10.2. The summed E-state index contributed by atoms with van der Waals surface area (Å²) >= 11 is 3.53. The number of carbonyl (C=O) groups excluding carboxylic acids is 2. The molecular formula is C26H35BrN2O4. The third kappa shape index (κ3) is 7.77. The molecule has 2 aromatic carbocycles. The lowest BCUT2D eigenvalue weighted by Gasteiger charge is -2.29. The average molecular weight is 519 g/mol. The molecule has 2 amide bonds. The lowest BCUT2D eigenvalue weighted by atomic mass is 10.0. The summed E-state index contributed by atoms with van der Waals surface area (Å²) < 4.78 is 11.8. The van der Waals surface area contributed by atoms with E-state index in [1.54, 1.807) is 18.9 Å². The largest absolute Gasteiger partial charge is 0.497 e. The van der Waals surface area contributed by atoms with Gasteiger partial charge in [0.1, 0.15) is 17.5 Å². The molecule has 0 aromatic heterocycles. The number of hydrogen-bond acceptors (Lipinski definition) is 4. The monoisotopic (exact) mass is 518 g/mol. The van der Waals surface area contributed by atoms with E-state index < -0.39 is 6.04 Å². The molecule has 0 radical (unpaired) electrons. The fourth-order valence-corrected chi connectivity index (χ4v) is 3.70. The van der Waals surface area contributed by atoms with Crippen molar-refractivity contribution in [1.82, 2.24) is 10.2 Å². The minimum Gasteiger partial charge on any atom is -0.497 e. The second kappa shape index (κ2) is 12.6. The van der Waals surface area contributed by atoms with E-state index in [-0.39, 0.29) is 31.0 Å². The van der Waals surface area contributed by atoms with Crippen LogP contribution in [0, 0.1) is 0 Å². The van der Waals surface area contributed by atoms with Crippen molar-refractivity contribution in [2.24, 2.45) is 0 Å². The highest BCUT2D eigenvalue weighted by atomic mass is 79.9. The summed E-state index contributed by atoms with van der Waals surface area (Å²) in [4.78, 5) is 27.6. The van der Waals surface area contributed by atoms with Gasteiger partial charge in [-0.25, -0.2) is 0 Å². The number of methoxy groups -OCH3 is 1. The van der Waals surface area contributed by atoms with Crippen molar-refractivity contribution < 1.29 is 19.1 Å². The van der Waals surface area contributed by atoms with Crippen LogP contribution in [0.4, 0.5) is 0 Å². The smallest absolute Gasteiger partial charge is 0.261 e. The van der Waals surface area contributed by atoms with Crippen LogP contribution in [-0.2, 0) is 16.1 Å². The predicted molar refractivity (Wildman–Crippen MR) is 135 cm³/mol. The third-order valence-corrected chi connectivity index (χ3v) is 6.27. The first-order valence-electron chi connectivity index (χ1n) is 11.3. The van der Waals surface area contributed by atoms with Gasteiger partial charge in [-0.1, -0.05) is 39.0 Å². The molecule has 0 bridgehead atoms. The Hall–Kier alpha value is -2.54. The molecule has 7 heteroatoms. The SMILES string of the molecule is CC[C@@H](C)NC(=O)[C@H](C)N(Cc1ccc(OC)cc1)C(=O)COc1ccc(C(C)C)cc1Br.